The van der Waals surface area contributed by atoms with Crippen LogP contribution in [0.25, 0.3) is 10.1 Å². The molecule has 0 aliphatic rings. The minimum atomic E-state index is 0.429. The Morgan fingerprint density at radius 2 is 1.76 bits per heavy atom. The summed E-state index contributed by atoms with van der Waals surface area (Å²) in [5.74, 6) is 0. The van der Waals surface area contributed by atoms with Crippen molar-refractivity contribution in [2.75, 3.05) is 6.54 Å². The molecule has 3 rings (SSSR count). The summed E-state index contributed by atoms with van der Waals surface area (Å²) in [7, 11) is 0. The van der Waals surface area contributed by atoms with E-state index < -0.39 is 0 Å². The molecule has 0 aliphatic heterocycles. The van der Waals surface area contributed by atoms with Crippen LogP contribution in [0.2, 0.25) is 0 Å². The predicted molar refractivity (Wildman–Crippen MR) is 93.0 cm³/mol. The second-order valence-corrected chi connectivity index (χ2v) is 6.57. The van der Waals surface area contributed by atoms with Crippen molar-refractivity contribution in [3.05, 3.63) is 71.1 Å². The molecule has 0 bridgehead atoms. The van der Waals surface area contributed by atoms with Crippen LogP contribution >= 0.6 is 11.3 Å². The smallest absolute Gasteiger partial charge is 0.0386 e. The van der Waals surface area contributed by atoms with Crippen LogP contribution in [0.3, 0.4) is 0 Å². The van der Waals surface area contributed by atoms with E-state index in [4.69, 9.17) is 0 Å². The van der Waals surface area contributed by atoms with Gasteiger partial charge in [0, 0.05) is 15.6 Å². The zero-order valence-electron chi connectivity index (χ0n) is 12.4. The van der Waals surface area contributed by atoms with Crippen LogP contribution in [-0.4, -0.2) is 6.54 Å². The van der Waals surface area contributed by atoms with Crippen LogP contribution in [0.1, 0.15) is 29.8 Å². The number of hydrogen-bond acceptors (Lipinski definition) is 2. The summed E-state index contributed by atoms with van der Waals surface area (Å²) in [5, 5.41) is 5.00. The Bertz CT molecular complexity index is 654. The first-order valence-corrected chi connectivity index (χ1v) is 8.40. The molecular formula is C19H21NS. The van der Waals surface area contributed by atoms with Crippen LogP contribution in [0.4, 0.5) is 0 Å². The van der Waals surface area contributed by atoms with Gasteiger partial charge in [-0.1, -0.05) is 48.5 Å². The molecule has 2 aromatic carbocycles. The molecule has 0 spiro atoms. The average Bonchev–Trinajstić information content (AvgIpc) is 2.96. The first kappa shape index (κ1) is 14.3. The van der Waals surface area contributed by atoms with E-state index in [0.29, 0.717) is 6.04 Å². The van der Waals surface area contributed by atoms with Gasteiger partial charge in [-0.05, 0) is 49.4 Å². The summed E-state index contributed by atoms with van der Waals surface area (Å²) in [6.45, 7) is 3.32. The van der Waals surface area contributed by atoms with Crippen molar-refractivity contribution < 1.29 is 0 Å². The average molecular weight is 295 g/mol. The largest absolute Gasteiger partial charge is 0.309 e. The molecule has 0 aliphatic carbocycles. The molecule has 108 valence electrons. The summed E-state index contributed by atoms with van der Waals surface area (Å²) < 4.78 is 1.38. The lowest BCUT2D eigenvalue weighted by molar-refractivity contribution is 0.565. The molecule has 0 radical (unpaired) electrons. The van der Waals surface area contributed by atoms with E-state index in [1.165, 1.54) is 26.9 Å². The van der Waals surface area contributed by atoms with E-state index in [9.17, 15) is 0 Å². The minimum absolute atomic E-state index is 0.429. The first-order valence-electron chi connectivity index (χ1n) is 7.59. The summed E-state index contributed by atoms with van der Waals surface area (Å²) in [4.78, 5) is 1.43. The third kappa shape index (κ3) is 3.72. The second-order valence-electron chi connectivity index (χ2n) is 5.45. The molecule has 0 amide bonds. The molecule has 1 aromatic heterocycles. The van der Waals surface area contributed by atoms with Gasteiger partial charge in [0.05, 0.1) is 0 Å². The third-order valence-corrected chi connectivity index (χ3v) is 5.11. The second kappa shape index (κ2) is 6.88. The van der Waals surface area contributed by atoms with Crippen molar-refractivity contribution in [1.82, 2.24) is 5.32 Å². The SMILES string of the molecule is CC(NCCCc1ccccc1)c1cc2ccccc2s1. The normalized spacial score (nSPS) is 12.6. The molecule has 0 saturated heterocycles. The van der Waals surface area contributed by atoms with Crippen LogP contribution in [-0.2, 0) is 6.42 Å². The zero-order chi connectivity index (χ0) is 14.5. The van der Waals surface area contributed by atoms with Crippen molar-refractivity contribution in [2.24, 2.45) is 0 Å². The summed E-state index contributed by atoms with van der Waals surface area (Å²) >= 11 is 1.90. The number of thiophene rings is 1. The summed E-state index contributed by atoms with van der Waals surface area (Å²) in [5.41, 5.74) is 1.42. The molecule has 0 saturated carbocycles. The maximum atomic E-state index is 3.64. The van der Waals surface area contributed by atoms with Crippen molar-refractivity contribution in [1.29, 1.82) is 0 Å². The number of fused-ring (bicyclic) bond motifs is 1. The van der Waals surface area contributed by atoms with Gasteiger partial charge in [-0.2, -0.15) is 0 Å². The van der Waals surface area contributed by atoms with Gasteiger partial charge in [-0.15, -0.1) is 11.3 Å². The highest BCUT2D eigenvalue weighted by Crippen LogP contribution is 2.29. The number of benzene rings is 2. The van der Waals surface area contributed by atoms with Crippen molar-refractivity contribution >= 4 is 21.4 Å². The van der Waals surface area contributed by atoms with E-state index in [0.717, 1.165) is 13.0 Å². The van der Waals surface area contributed by atoms with Crippen molar-refractivity contribution in [3.63, 3.8) is 0 Å². The highest BCUT2D eigenvalue weighted by Gasteiger charge is 2.08. The lowest BCUT2D eigenvalue weighted by Crippen LogP contribution is -2.19. The van der Waals surface area contributed by atoms with Crippen LogP contribution in [0.15, 0.2) is 60.7 Å². The van der Waals surface area contributed by atoms with Gasteiger partial charge < -0.3 is 5.32 Å². The highest BCUT2D eigenvalue weighted by atomic mass is 32.1. The number of hydrogen-bond donors (Lipinski definition) is 1. The molecule has 3 aromatic rings. The van der Waals surface area contributed by atoms with Crippen LogP contribution in [0.5, 0.6) is 0 Å². The lowest BCUT2D eigenvalue weighted by Gasteiger charge is -2.11. The first-order chi connectivity index (χ1) is 10.3. The number of rotatable bonds is 6. The maximum absolute atomic E-state index is 3.64. The quantitative estimate of drug-likeness (QED) is 0.617. The minimum Gasteiger partial charge on any atom is -0.309 e. The molecule has 1 unspecified atom stereocenters. The lowest BCUT2D eigenvalue weighted by atomic mass is 10.1. The van der Waals surface area contributed by atoms with Crippen molar-refractivity contribution in [2.45, 2.75) is 25.8 Å². The molecular weight excluding hydrogens is 274 g/mol. The van der Waals surface area contributed by atoms with Gasteiger partial charge in [-0.3, -0.25) is 0 Å². The Morgan fingerprint density at radius 1 is 1.00 bits per heavy atom. The number of nitrogens with one attached hydrogen (secondary N) is 1. The number of aryl methyl sites for hydroxylation is 1. The van der Waals surface area contributed by atoms with Gasteiger partial charge >= 0.3 is 0 Å². The summed E-state index contributed by atoms with van der Waals surface area (Å²) in [6, 6.07) is 22.1. The van der Waals surface area contributed by atoms with Gasteiger partial charge in [-0.25, -0.2) is 0 Å². The topological polar surface area (TPSA) is 12.0 Å². The Labute approximate surface area is 130 Å². The van der Waals surface area contributed by atoms with E-state index in [-0.39, 0.29) is 0 Å². The summed E-state index contributed by atoms with van der Waals surface area (Å²) in [6.07, 6.45) is 2.33. The van der Waals surface area contributed by atoms with Gasteiger partial charge in [0.25, 0.3) is 0 Å². The van der Waals surface area contributed by atoms with Crippen LogP contribution < -0.4 is 5.32 Å². The molecule has 1 N–H and O–H groups in total. The van der Waals surface area contributed by atoms with Gasteiger partial charge in [0.15, 0.2) is 0 Å². The molecule has 21 heavy (non-hydrogen) atoms. The van der Waals surface area contributed by atoms with Crippen molar-refractivity contribution in [3.8, 4) is 0 Å². The zero-order valence-corrected chi connectivity index (χ0v) is 13.2. The van der Waals surface area contributed by atoms with E-state index in [2.05, 4.69) is 72.9 Å². The fourth-order valence-electron chi connectivity index (χ4n) is 2.57. The Balaban J connectivity index is 1.51. The standard InChI is InChI=1S/C19H21NS/c1-15(19-14-17-11-5-6-12-18(17)21-19)20-13-7-10-16-8-3-2-4-9-16/h2-6,8-9,11-12,14-15,20H,7,10,13H2,1H3. The van der Waals surface area contributed by atoms with E-state index in [1.807, 2.05) is 11.3 Å². The fraction of sp³-hybridized carbons (Fsp3) is 0.263. The van der Waals surface area contributed by atoms with E-state index >= 15 is 0 Å². The predicted octanol–water partition coefficient (Wildman–Crippen LogP) is 5.18. The maximum Gasteiger partial charge on any atom is 0.0386 e. The Morgan fingerprint density at radius 3 is 2.57 bits per heavy atom. The molecule has 1 atom stereocenters. The fourth-order valence-corrected chi connectivity index (χ4v) is 3.66. The van der Waals surface area contributed by atoms with E-state index in [1.54, 1.807) is 0 Å². The van der Waals surface area contributed by atoms with Gasteiger partial charge in [0.2, 0.25) is 0 Å². The Hall–Kier alpha value is -1.64. The monoisotopic (exact) mass is 295 g/mol. The molecule has 1 heterocycles. The van der Waals surface area contributed by atoms with Crippen LogP contribution in [0, 0.1) is 0 Å². The highest BCUT2D eigenvalue weighted by molar-refractivity contribution is 7.19. The third-order valence-electron chi connectivity index (χ3n) is 3.81. The molecule has 1 nitrogen and oxygen atoms in total. The molecule has 0 fully saturated rings. The van der Waals surface area contributed by atoms with Gasteiger partial charge in [0.1, 0.15) is 0 Å². The molecule has 2 heteroatoms. The Kier molecular flexibility index (Phi) is 4.69.